The summed E-state index contributed by atoms with van der Waals surface area (Å²) in [7, 11) is 0. The summed E-state index contributed by atoms with van der Waals surface area (Å²) in [5.74, 6) is 0. The van der Waals surface area contributed by atoms with Crippen molar-refractivity contribution in [2.24, 2.45) is 4.99 Å². The number of hydrogen-bond acceptors (Lipinski definition) is 3. The van der Waals surface area contributed by atoms with Crippen LogP contribution in [0.5, 0.6) is 0 Å². The molecule has 39 valence electrons. The Morgan fingerprint density at radius 1 is 1.88 bits per heavy atom. The number of aliphatic imine (C=N–C) groups is 1. The zero-order valence-electron chi connectivity index (χ0n) is 3.92. The van der Waals surface area contributed by atoms with E-state index in [2.05, 4.69) is 11.1 Å². The molecule has 0 atom stereocenters. The molecule has 1 heterocycles. The number of carbonyl (C=O) groups excluding carboxylic acids is 1. The van der Waals surface area contributed by atoms with E-state index in [1.165, 1.54) is 17.4 Å². The molecule has 8 heavy (non-hydrogen) atoms. The van der Waals surface area contributed by atoms with E-state index in [1.807, 2.05) is 0 Å². The van der Waals surface area contributed by atoms with Crippen molar-refractivity contribution in [3.63, 3.8) is 0 Å². The summed E-state index contributed by atoms with van der Waals surface area (Å²) in [5, 5.41) is 2.39. The quantitative estimate of drug-likeness (QED) is 0.412. The zero-order chi connectivity index (χ0) is 5.82. The standard InChI is InChI=1S/C5H2NOS/c7-4-6-5-2-1-3-8-5/h1,3H. The molecule has 0 bridgehead atoms. The van der Waals surface area contributed by atoms with E-state index < -0.39 is 0 Å². The largest absolute Gasteiger partial charge is 0.241 e. The van der Waals surface area contributed by atoms with Gasteiger partial charge in [0.15, 0.2) is 0 Å². The van der Waals surface area contributed by atoms with Crippen molar-refractivity contribution in [2.75, 3.05) is 0 Å². The van der Waals surface area contributed by atoms with Gasteiger partial charge in [0, 0.05) is 6.07 Å². The first kappa shape index (κ1) is 5.22. The Bertz CT molecular complexity index is 198. The highest BCUT2D eigenvalue weighted by atomic mass is 32.1. The molecule has 0 aromatic carbocycles. The van der Waals surface area contributed by atoms with E-state index in [1.54, 1.807) is 11.4 Å². The van der Waals surface area contributed by atoms with E-state index in [9.17, 15) is 4.79 Å². The van der Waals surface area contributed by atoms with Gasteiger partial charge in [0.1, 0.15) is 5.00 Å². The average Bonchev–Trinajstić information content (AvgIpc) is 2.19. The first-order valence-electron chi connectivity index (χ1n) is 1.96. The maximum Gasteiger partial charge on any atom is 0.241 e. The number of hydrogen-bond donors (Lipinski definition) is 0. The molecule has 0 spiro atoms. The van der Waals surface area contributed by atoms with E-state index >= 15 is 0 Å². The molecule has 0 aliphatic rings. The summed E-state index contributed by atoms with van der Waals surface area (Å²) < 4.78 is 0. The van der Waals surface area contributed by atoms with E-state index in [0.29, 0.717) is 5.00 Å². The highest BCUT2D eigenvalue weighted by molar-refractivity contribution is 7.13. The lowest BCUT2D eigenvalue weighted by atomic mass is 10.6. The monoisotopic (exact) mass is 124 g/mol. The molecule has 1 rings (SSSR count). The van der Waals surface area contributed by atoms with Crippen molar-refractivity contribution in [3.8, 4) is 0 Å². The molecule has 1 aromatic heterocycles. The molecule has 1 aromatic rings. The smallest absolute Gasteiger partial charge is 0.211 e. The van der Waals surface area contributed by atoms with Crippen LogP contribution in [-0.4, -0.2) is 6.08 Å². The molecule has 2 nitrogen and oxygen atoms in total. The van der Waals surface area contributed by atoms with E-state index in [0.717, 1.165) is 0 Å². The lowest BCUT2D eigenvalue weighted by Crippen LogP contribution is -1.45. The molecule has 0 saturated carbocycles. The fourth-order valence-electron chi connectivity index (χ4n) is 0.338. The van der Waals surface area contributed by atoms with Gasteiger partial charge < -0.3 is 0 Å². The van der Waals surface area contributed by atoms with Crippen molar-refractivity contribution in [3.05, 3.63) is 17.5 Å². The van der Waals surface area contributed by atoms with Gasteiger partial charge in [0.25, 0.3) is 0 Å². The second kappa shape index (κ2) is 2.40. The SMILES string of the molecule is O=C=Nc1[c]ccs1. The van der Waals surface area contributed by atoms with E-state index in [4.69, 9.17) is 0 Å². The summed E-state index contributed by atoms with van der Waals surface area (Å²) in [4.78, 5) is 12.9. The number of isocyanates is 1. The summed E-state index contributed by atoms with van der Waals surface area (Å²) >= 11 is 1.36. The zero-order valence-corrected chi connectivity index (χ0v) is 4.73. The predicted molar refractivity (Wildman–Crippen MR) is 30.9 cm³/mol. The third-order valence-electron chi connectivity index (χ3n) is 0.602. The second-order valence-electron chi connectivity index (χ2n) is 1.07. The van der Waals surface area contributed by atoms with Crippen LogP contribution in [0.4, 0.5) is 5.00 Å². The number of nitrogens with zero attached hydrogens (tertiary/aromatic N) is 1. The Balaban J connectivity index is 2.93. The van der Waals surface area contributed by atoms with Crippen LogP contribution < -0.4 is 0 Å². The lowest BCUT2D eigenvalue weighted by molar-refractivity contribution is 0.565. The Morgan fingerprint density at radius 3 is 3.25 bits per heavy atom. The first-order valence-corrected chi connectivity index (χ1v) is 2.84. The third-order valence-corrected chi connectivity index (χ3v) is 1.31. The minimum absolute atomic E-state index is 0.583. The summed E-state index contributed by atoms with van der Waals surface area (Å²) in [6.45, 7) is 0. The second-order valence-corrected chi connectivity index (χ2v) is 1.97. The Kier molecular flexibility index (Phi) is 1.57. The molecule has 0 fully saturated rings. The van der Waals surface area contributed by atoms with E-state index in [-0.39, 0.29) is 0 Å². The van der Waals surface area contributed by atoms with Gasteiger partial charge in [0.2, 0.25) is 6.08 Å². The molecular weight excluding hydrogens is 122 g/mol. The van der Waals surface area contributed by atoms with Crippen molar-refractivity contribution in [2.45, 2.75) is 0 Å². The van der Waals surface area contributed by atoms with Gasteiger partial charge in [-0.25, -0.2) is 4.79 Å². The third kappa shape index (κ3) is 1.03. The van der Waals surface area contributed by atoms with Crippen molar-refractivity contribution in [1.82, 2.24) is 0 Å². The fourth-order valence-corrected chi connectivity index (χ4v) is 0.829. The normalized spacial score (nSPS) is 8.00. The molecule has 0 amide bonds. The van der Waals surface area contributed by atoms with Gasteiger partial charge in [-0.3, -0.25) is 0 Å². The number of rotatable bonds is 1. The first-order chi connectivity index (χ1) is 3.93. The molecule has 0 unspecified atom stereocenters. The highest BCUT2D eigenvalue weighted by Crippen LogP contribution is 2.16. The van der Waals surface area contributed by atoms with Crippen molar-refractivity contribution in [1.29, 1.82) is 0 Å². The van der Waals surface area contributed by atoms with Crippen LogP contribution in [0.1, 0.15) is 0 Å². The van der Waals surface area contributed by atoms with Gasteiger partial charge in [-0.2, -0.15) is 4.99 Å². The molecule has 0 aliphatic carbocycles. The number of thiophene rings is 1. The van der Waals surface area contributed by atoms with Gasteiger partial charge in [-0.15, -0.1) is 11.3 Å². The van der Waals surface area contributed by atoms with Crippen LogP contribution in [0.25, 0.3) is 0 Å². The molecule has 0 saturated heterocycles. The topological polar surface area (TPSA) is 29.4 Å². The highest BCUT2D eigenvalue weighted by Gasteiger charge is 1.84. The minimum Gasteiger partial charge on any atom is -0.211 e. The molecule has 3 heteroatoms. The Labute approximate surface area is 50.5 Å². The molecule has 0 N–H and O–H groups in total. The van der Waals surface area contributed by atoms with Crippen LogP contribution in [0.3, 0.4) is 0 Å². The molecule has 0 aliphatic heterocycles. The molecule has 1 radical (unpaired) electrons. The van der Waals surface area contributed by atoms with Gasteiger partial charge in [0.05, 0.1) is 0 Å². The van der Waals surface area contributed by atoms with Crippen molar-refractivity contribution < 1.29 is 4.79 Å². The maximum atomic E-state index is 9.57. The summed E-state index contributed by atoms with van der Waals surface area (Å²) in [6, 6.07) is 4.44. The maximum absolute atomic E-state index is 9.57. The summed E-state index contributed by atoms with van der Waals surface area (Å²) in [6.07, 6.45) is 1.42. The van der Waals surface area contributed by atoms with Crippen LogP contribution in [0, 0.1) is 6.07 Å². The van der Waals surface area contributed by atoms with Gasteiger partial charge >= 0.3 is 0 Å². The average molecular weight is 124 g/mol. The van der Waals surface area contributed by atoms with Crippen molar-refractivity contribution >= 4 is 22.4 Å². The Hall–Kier alpha value is -0.920. The van der Waals surface area contributed by atoms with Crippen LogP contribution in [0.2, 0.25) is 0 Å². The predicted octanol–water partition coefficient (Wildman–Crippen LogP) is 1.52. The Morgan fingerprint density at radius 2 is 2.75 bits per heavy atom. The van der Waals surface area contributed by atoms with Gasteiger partial charge in [-0.05, 0) is 11.4 Å². The fraction of sp³-hybridized carbons (Fsp3) is 0. The van der Waals surface area contributed by atoms with Crippen LogP contribution in [0.15, 0.2) is 16.4 Å². The van der Waals surface area contributed by atoms with Crippen LogP contribution in [-0.2, 0) is 4.79 Å². The lowest BCUT2D eigenvalue weighted by Gasteiger charge is -1.68. The molecular formula is C5H2NOS. The minimum atomic E-state index is 0.583. The van der Waals surface area contributed by atoms with Crippen LogP contribution >= 0.6 is 11.3 Å². The van der Waals surface area contributed by atoms with Gasteiger partial charge in [-0.1, -0.05) is 0 Å². The summed E-state index contributed by atoms with van der Waals surface area (Å²) in [5.41, 5.74) is 0.